The summed E-state index contributed by atoms with van der Waals surface area (Å²) >= 11 is 5.99. The van der Waals surface area contributed by atoms with E-state index in [1.165, 1.54) is 0 Å². The summed E-state index contributed by atoms with van der Waals surface area (Å²) in [5.41, 5.74) is 8.38. The number of halogens is 1. The number of carbonyl (C=O) groups excluding carboxylic acids is 2. The third-order valence-corrected chi connectivity index (χ3v) is 5.22. The molecule has 0 saturated heterocycles. The Bertz CT molecular complexity index is 840. The molecule has 1 aromatic carbocycles. The van der Waals surface area contributed by atoms with Crippen molar-refractivity contribution in [1.29, 1.82) is 0 Å². The molecule has 1 saturated carbocycles. The maximum atomic E-state index is 12.7. The van der Waals surface area contributed by atoms with E-state index in [9.17, 15) is 9.59 Å². The normalized spacial score (nSPS) is 16.5. The average Bonchev–Trinajstić information content (AvgIpc) is 3.46. The van der Waals surface area contributed by atoms with Crippen molar-refractivity contribution in [1.82, 2.24) is 20.6 Å². The summed E-state index contributed by atoms with van der Waals surface area (Å²) < 4.78 is 1.84. The van der Waals surface area contributed by atoms with Crippen LogP contribution in [0.5, 0.6) is 0 Å². The van der Waals surface area contributed by atoms with E-state index in [-0.39, 0.29) is 17.7 Å². The number of benzene rings is 1. The molecule has 136 valence electrons. The van der Waals surface area contributed by atoms with Gasteiger partial charge < -0.3 is 0 Å². The van der Waals surface area contributed by atoms with Crippen molar-refractivity contribution in [3.8, 4) is 5.69 Å². The highest BCUT2D eigenvalue weighted by atomic mass is 35.5. The number of hydrazine groups is 1. The fourth-order valence-electron chi connectivity index (χ4n) is 3.38. The van der Waals surface area contributed by atoms with Crippen LogP contribution in [0, 0.1) is 5.92 Å². The molecule has 0 atom stereocenters. The van der Waals surface area contributed by atoms with E-state index in [0.29, 0.717) is 10.7 Å². The molecule has 0 spiro atoms. The lowest BCUT2D eigenvalue weighted by atomic mass is 10.1. The van der Waals surface area contributed by atoms with Crippen LogP contribution >= 0.6 is 11.6 Å². The first-order valence-electron chi connectivity index (χ1n) is 9.10. The van der Waals surface area contributed by atoms with E-state index in [4.69, 9.17) is 11.6 Å². The van der Waals surface area contributed by atoms with Gasteiger partial charge in [0.1, 0.15) is 0 Å². The Balaban J connectivity index is 1.64. The zero-order chi connectivity index (χ0) is 18.1. The number of nitrogens with one attached hydrogen (secondary N) is 2. The molecule has 2 aliphatic rings. The van der Waals surface area contributed by atoms with Crippen LogP contribution in [0.4, 0.5) is 0 Å². The molecule has 0 aliphatic heterocycles. The number of hydrogen-bond donors (Lipinski definition) is 2. The van der Waals surface area contributed by atoms with E-state index < -0.39 is 0 Å². The van der Waals surface area contributed by atoms with E-state index in [0.717, 1.165) is 61.9 Å². The van der Waals surface area contributed by atoms with Crippen LogP contribution in [-0.2, 0) is 17.6 Å². The Morgan fingerprint density at radius 3 is 2.50 bits per heavy atom. The van der Waals surface area contributed by atoms with Gasteiger partial charge in [0.2, 0.25) is 5.91 Å². The smallest absolute Gasteiger partial charge is 0.273 e. The molecule has 0 unspecified atom stereocenters. The largest absolute Gasteiger partial charge is 0.290 e. The molecule has 4 rings (SSSR count). The van der Waals surface area contributed by atoms with Crippen molar-refractivity contribution in [2.75, 3.05) is 0 Å². The van der Waals surface area contributed by atoms with Gasteiger partial charge in [-0.15, -0.1) is 0 Å². The van der Waals surface area contributed by atoms with Crippen LogP contribution in [-0.4, -0.2) is 21.6 Å². The van der Waals surface area contributed by atoms with Crippen LogP contribution in [0.15, 0.2) is 24.3 Å². The quantitative estimate of drug-likeness (QED) is 0.642. The second-order valence-electron chi connectivity index (χ2n) is 6.94. The molecule has 1 fully saturated rings. The van der Waals surface area contributed by atoms with Crippen molar-refractivity contribution in [2.24, 2.45) is 5.92 Å². The van der Waals surface area contributed by atoms with Gasteiger partial charge in [0.05, 0.1) is 5.69 Å². The minimum absolute atomic E-state index is 0.0408. The van der Waals surface area contributed by atoms with Crippen molar-refractivity contribution < 1.29 is 9.59 Å². The predicted octanol–water partition coefficient (Wildman–Crippen LogP) is 2.97. The lowest BCUT2D eigenvalue weighted by Crippen LogP contribution is -2.42. The molecule has 2 N–H and O–H groups in total. The molecule has 2 aromatic rings. The van der Waals surface area contributed by atoms with Gasteiger partial charge in [-0.2, -0.15) is 5.10 Å². The maximum absolute atomic E-state index is 12.7. The van der Waals surface area contributed by atoms with Gasteiger partial charge in [-0.25, -0.2) is 4.68 Å². The Morgan fingerprint density at radius 2 is 1.77 bits per heavy atom. The third kappa shape index (κ3) is 3.46. The number of aromatic nitrogens is 2. The van der Waals surface area contributed by atoms with Crippen molar-refractivity contribution >= 4 is 23.4 Å². The Labute approximate surface area is 156 Å². The molecule has 0 bridgehead atoms. The minimum Gasteiger partial charge on any atom is -0.273 e. The van der Waals surface area contributed by atoms with Gasteiger partial charge in [-0.05, 0) is 62.8 Å². The fraction of sp³-hybridized carbons (Fsp3) is 0.421. The first kappa shape index (κ1) is 17.1. The van der Waals surface area contributed by atoms with Gasteiger partial charge in [-0.1, -0.05) is 18.0 Å². The highest BCUT2D eigenvalue weighted by molar-refractivity contribution is 6.30. The highest BCUT2D eigenvalue weighted by Gasteiger charge is 2.30. The second kappa shape index (κ2) is 7.11. The topological polar surface area (TPSA) is 76.0 Å². The summed E-state index contributed by atoms with van der Waals surface area (Å²) in [4.78, 5) is 24.4. The van der Waals surface area contributed by atoms with Crippen molar-refractivity contribution in [2.45, 2.75) is 44.9 Å². The molecule has 6 nitrogen and oxygen atoms in total. The summed E-state index contributed by atoms with van der Waals surface area (Å²) in [6.45, 7) is 0. The number of nitrogens with zero attached hydrogens (tertiary/aromatic N) is 2. The van der Waals surface area contributed by atoms with Crippen LogP contribution < -0.4 is 10.9 Å². The number of amides is 2. The Morgan fingerprint density at radius 1 is 1.04 bits per heavy atom. The van der Waals surface area contributed by atoms with Gasteiger partial charge in [0.25, 0.3) is 5.91 Å². The zero-order valence-corrected chi connectivity index (χ0v) is 15.2. The summed E-state index contributed by atoms with van der Waals surface area (Å²) in [5, 5.41) is 5.24. The van der Waals surface area contributed by atoms with Crippen LogP contribution in [0.2, 0.25) is 5.02 Å². The number of carbonyl (C=O) groups is 2. The first-order chi connectivity index (χ1) is 12.6. The van der Waals surface area contributed by atoms with Crippen molar-refractivity contribution in [3.63, 3.8) is 0 Å². The SMILES string of the molecule is O=C(NNC(=O)C1CC1)c1nn(-c2ccc(Cl)cc2)c2c1CCCCC2. The van der Waals surface area contributed by atoms with E-state index >= 15 is 0 Å². The van der Waals surface area contributed by atoms with Gasteiger partial charge in [0, 0.05) is 22.2 Å². The monoisotopic (exact) mass is 372 g/mol. The summed E-state index contributed by atoms with van der Waals surface area (Å²) in [5.74, 6) is -0.439. The molecular weight excluding hydrogens is 352 g/mol. The Kier molecular flexibility index (Phi) is 4.68. The number of fused-ring (bicyclic) bond motifs is 1. The van der Waals surface area contributed by atoms with Gasteiger partial charge in [-0.3, -0.25) is 20.4 Å². The molecule has 1 heterocycles. The van der Waals surface area contributed by atoms with Crippen LogP contribution in [0.3, 0.4) is 0 Å². The molecular formula is C19H21ClN4O2. The molecule has 26 heavy (non-hydrogen) atoms. The highest BCUT2D eigenvalue weighted by Crippen LogP contribution is 2.29. The van der Waals surface area contributed by atoms with Crippen LogP contribution in [0.1, 0.15) is 53.8 Å². The van der Waals surface area contributed by atoms with Gasteiger partial charge >= 0.3 is 0 Å². The number of rotatable bonds is 3. The molecule has 1 aromatic heterocycles. The summed E-state index contributed by atoms with van der Waals surface area (Å²) in [6.07, 6.45) is 6.73. The second-order valence-corrected chi connectivity index (χ2v) is 7.38. The minimum atomic E-state index is -0.357. The summed E-state index contributed by atoms with van der Waals surface area (Å²) in [6, 6.07) is 7.43. The van der Waals surface area contributed by atoms with E-state index in [1.807, 2.05) is 28.9 Å². The molecule has 0 radical (unpaired) electrons. The first-order valence-corrected chi connectivity index (χ1v) is 9.48. The lowest BCUT2D eigenvalue weighted by molar-refractivity contribution is -0.123. The molecule has 7 heteroatoms. The Hall–Kier alpha value is -2.34. The fourth-order valence-corrected chi connectivity index (χ4v) is 3.51. The maximum Gasteiger partial charge on any atom is 0.290 e. The molecule has 2 aliphatic carbocycles. The lowest BCUT2D eigenvalue weighted by Gasteiger charge is -2.07. The average molecular weight is 373 g/mol. The number of hydrogen-bond acceptors (Lipinski definition) is 3. The van der Waals surface area contributed by atoms with Crippen LogP contribution in [0.25, 0.3) is 5.69 Å². The van der Waals surface area contributed by atoms with Crippen molar-refractivity contribution in [3.05, 3.63) is 46.2 Å². The summed E-state index contributed by atoms with van der Waals surface area (Å²) in [7, 11) is 0. The zero-order valence-electron chi connectivity index (χ0n) is 14.4. The third-order valence-electron chi connectivity index (χ3n) is 4.96. The van der Waals surface area contributed by atoms with E-state index in [1.54, 1.807) is 0 Å². The van der Waals surface area contributed by atoms with Gasteiger partial charge in [0.15, 0.2) is 5.69 Å². The standard InChI is InChI=1S/C19H21ClN4O2/c20-13-8-10-14(11-9-13)24-16-5-3-1-2-4-15(16)17(23-24)19(26)22-21-18(25)12-6-7-12/h8-12H,1-7H2,(H,21,25)(H,22,26). The van der Waals surface area contributed by atoms with E-state index in [2.05, 4.69) is 16.0 Å². The predicted molar refractivity (Wildman–Crippen MR) is 98.2 cm³/mol. The molecule has 2 amide bonds.